The van der Waals surface area contributed by atoms with E-state index in [1.165, 1.54) is 31.2 Å². The third-order valence-electron chi connectivity index (χ3n) is 3.55. The molecule has 0 aliphatic carbocycles. The van der Waals surface area contributed by atoms with Gasteiger partial charge in [-0.3, -0.25) is 0 Å². The third-order valence-corrected chi connectivity index (χ3v) is 3.55. The topological polar surface area (TPSA) is 30.5 Å². The van der Waals surface area contributed by atoms with Gasteiger partial charge in [0.25, 0.3) is 0 Å². The van der Waals surface area contributed by atoms with E-state index in [1.54, 1.807) is 7.11 Å². The predicted molar refractivity (Wildman–Crippen MR) is 89.2 cm³/mol. The molecule has 0 fully saturated rings. The molecule has 0 aliphatic rings. The van der Waals surface area contributed by atoms with E-state index in [9.17, 15) is 0 Å². The molecule has 1 rings (SSSR count). The van der Waals surface area contributed by atoms with Crippen molar-refractivity contribution < 1.29 is 9.47 Å². The summed E-state index contributed by atoms with van der Waals surface area (Å²) in [5, 5.41) is 3.51. The number of nitrogens with one attached hydrogen (secondary N) is 1. The van der Waals surface area contributed by atoms with Crippen molar-refractivity contribution in [1.29, 1.82) is 0 Å². The quantitative estimate of drug-likeness (QED) is 0.574. The molecule has 0 saturated carbocycles. The normalized spacial score (nSPS) is 10.6. The van der Waals surface area contributed by atoms with Crippen molar-refractivity contribution in [3.05, 3.63) is 23.8 Å². The number of methoxy groups -OCH3 is 1. The highest BCUT2D eigenvalue weighted by atomic mass is 16.5. The second kappa shape index (κ2) is 11.4. The van der Waals surface area contributed by atoms with Crippen molar-refractivity contribution in [2.24, 2.45) is 0 Å². The Bertz CT molecular complexity index is 379. The minimum absolute atomic E-state index is 0.750. The lowest BCUT2D eigenvalue weighted by atomic mass is 10.1. The van der Waals surface area contributed by atoms with Gasteiger partial charge in [-0.1, -0.05) is 51.7 Å². The Labute approximate surface area is 130 Å². The van der Waals surface area contributed by atoms with Gasteiger partial charge in [-0.05, 0) is 25.5 Å². The molecule has 0 atom stereocenters. The lowest BCUT2D eigenvalue weighted by Crippen LogP contribution is -2.16. The molecule has 21 heavy (non-hydrogen) atoms. The van der Waals surface area contributed by atoms with Crippen LogP contribution in [0.25, 0.3) is 0 Å². The highest BCUT2D eigenvalue weighted by molar-refractivity contribution is 5.46. The van der Waals surface area contributed by atoms with Crippen LogP contribution in [-0.2, 0) is 6.54 Å². The molecule has 0 aromatic heterocycles. The summed E-state index contributed by atoms with van der Waals surface area (Å²) < 4.78 is 11.4. The number of hydrogen-bond donors (Lipinski definition) is 1. The summed E-state index contributed by atoms with van der Waals surface area (Å²) in [5.41, 5.74) is 1.18. The fourth-order valence-corrected chi connectivity index (χ4v) is 2.24. The highest BCUT2D eigenvalue weighted by Crippen LogP contribution is 2.31. The molecule has 1 aromatic carbocycles. The van der Waals surface area contributed by atoms with Crippen LogP contribution in [-0.4, -0.2) is 20.3 Å². The van der Waals surface area contributed by atoms with E-state index in [1.807, 2.05) is 12.1 Å². The molecule has 0 unspecified atom stereocenters. The molecule has 0 radical (unpaired) electrons. The van der Waals surface area contributed by atoms with Gasteiger partial charge in [0.05, 0.1) is 13.7 Å². The van der Waals surface area contributed by atoms with Crippen LogP contribution in [0.1, 0.15) is 57.9 Å². The fraction of sp³-hybridized carbons (Fsp3) is 0.667. The summed E-state index contributed by atoms with van der Waals surface area (Å²) in [7, 11) is 1.70. The zero-order valence-electron chi connectivity index (χ0n) is 13.9. The van der Waals surface area contributed by atoms with E-state index < -0.39 is 0 Å². The van der Waals surface area contributed by atoms with E-state index >= 15 is 0 Å². The zero-order chi connectivity index (χ0) is 15.3. The van der Waals surface area contributed by atoms with Crippen molar-refractivity contribution in [2.75, 3.05) is 20.3 Å². The van der Waals surface area contributed by atoms with E-state index in [4.69, 9.17) is 9.47 Å². The Kier molecular flexibility index (Phi) is 9.71. The van der Waals surface area contributed by atoms with Crippen LogP contribution in [0.3, 0.4) is 0 Å². The minimum atomic E-state index is 0.750. The van der Waals surface area contributed by atoms with Gasteiger partial charge >= 0.3 is 0 Å². The first kappa shape index (κ1) is 17.8. The minimum Gasteiger partial charge on any atom is -0.493 e. The maximum absolute atomic E-state index is 5.93. The average molecular weight is 293 g/mol. The monoisotopic (exact) mass is 293 g/mol. The van der Waals surface area contributed by atoms with Gasteiger partial charge in [0.2, 0.25) is 0 Å². The van der Waals surface area contributed by atoms with Crippen molar-refractivity contribution in [1.82, 2.24) is 5.32 Å². The summed E-state index contributed by atoms with van der Waals surface area (Å²) in [4.78, 5) is 0. The first-order chi connectivity index (χ1) is 10.3. The second-order valence-electron chi connectivity index (χ2n) is 5.39. The highest BCUT2D eigenvalue weighted by Gasteiger charge is 2.10. The first-order valence-electron chi connectivity index (χ1n) is 8.32. The molecule has 0 amide bonds. The molecule has 0 aliphatic heterocycles. The second-order valence-corrected chi connectivity index (χ2v) is 5.39. The number of rotatable bonds is 12. The lowest BCUT2D eigenvalue weighted by Gasteiger charge is -2.15. The van der Waals surface area contributed by atoms with Gasteiger partial charge in [-0.25, -0.2) is 0 Å². The molecule has 0 bridgehead atoms. The number of para-hydroxylation sites is 1. The van der Waals surface area contributed by atoms with Gasteiger partial charge in [-0.2, -0.15) is 0 Å². The van der Waals surface area contributed by atoms with Crippen molar-refractivity contribution in [3.8, 4) is 11.5 Å². The maximum Gasteiger partial charge on any atom is 0.165 e. The number of ether oxygens (including phenoxy) is 2. The molecule has 120 valence electrons. The standard InChI is InChI=1S/C18H31NO2/c1-4-6-8-9-13-19-15-16-11-10-12-17(20-3)18(16)21-14-7-5-2/h10-12,19H,4-9,13-15H2,1-3H3. The summed E-state index contributed by atoms with van der Waals surface area (Å²) in [6, 6.07) is 6.11. The molecule has 1 N–H and O–H groups in total. The first-order valence-corrected chi connectivity index (χ1v) is 8.32. The summed E-state index contributed by atoms with van der Waals surface area (Å²) >= 11 is 0. The van der Waals surface area contributed by atoms with Gasteiger partial charge in [0.1, 0.15) is 0 Å². The third kappa shape index (κ3) is 6.85. The molecule has 3 nitrogen and oxygen atoms in total. The van der Waals surface area contributed by atoms with E-state index in [-0.39, 0.29) is 0 Å². The Balaban J connectivity index is 2.50. The Morgan fingerprint density at radius 3 is 2.52 bits per heavy atom. The Hall–Kier alpha value is -1.22. The summed E-state index contributed by atoms with van der Waals surface area (Å²) in [5.74, 6) is 1.73. The van der Waals surface area contributed by atoms with Crippen molar-refractivity contribution in [2.45, 2.75) is 58.9 Å². The number of unbranched alkanes of at least 4 members (excludes halogenated alkanes) is 4. The van der Waals surface area contributed by atoms with Crippen molar-refractivity contribution in [3.63, 3.8) is 0 Å². The SMILES string of the molecule is CCCCCCNCc1cccc(OC)c1OCCCC. The van der Waals surface area contributed by atoms with Gasteiger partial charge in [-0.15, -0.1) is 0 Å². The van der Waals surface area contributed by atoms with Gasteiger partial charge in [0.15, 0.2) is 11.5 Å². The Morgan fingerprint density at radius 1 is 1.00 bits per heavy atom. The molecular formula is C18H31NO2. The molecule has 0 heterocycles. The van der Waals surface area contributed by atoms with Gasteiger partial charge in [0, 0.05) is 12.1 Å². The van der Waals surface area contributed by atoms with Gasteiger partial charge < -0.3 is 14.8 Å². The summed E-state index contributed by atoms with van der Waals surface area (Å²) in [6.07, 6.45) is 7.37. The Morgan fingerprint density at radius 2 is 1.81 bits per heavy atom. The maximum atomic E-state index is 5.93. The zero-order valence-corrected chi connectivity index (χ0v) is 13.9. The lowest BCUT2D eigenvalue weighted by molar-refractivity contribution is 0.284. The van der Waals surface area contributed by atoms with Crippen LogP contribution in [0.15, 0.2) is 18.2 Å². The van der Waals surface area contributed by atoms with Crippen LogP contribution >= 0.6 is 0 Å². The number of benzene rings is 1. The molecule has 0 saturated heterocycles. The predicted octanol–water partition coefficient (Wildman–Crippen LogP) is 4.54. The molecule has 3 heteroatoms. The van der Waals surface area contributed by atoms with E-state index in [2.05, 4.69) is 25.2 Å². The number of hydrogen-bond acceptors (Lipinski definition) is 3. The van der Waals surface area contributed by atoms with Crippen LogP contribution in [0, 0.1) is 0 Å². The van der Waals surface area contributed by atoms with Crippen LogP contribution in [0.4, 0.5) is 0 Å². The van der Waals surface area contributed by atoms with E-state index in [0.29, 0.717) is 0 Å². The van der Waals surface area contributed by atoms with E-state index in [0.717, 1.165) is 44.0 Å². The smallest absolute Gasteiger partial charge is 0.165 e. The fourth-order valence-electron chi connectivity index (χ4n) is 2.24. The van der Waals surface area contributed by atoms with Crippen LogP contribution < -0.4 is 14.8 Å². The molecule has 1 aromatic rings. The van der Waals surface area contributed by atoms with Crippen LogP contribution in [0.2, 0.25) is 0 Å². The molecule has 0 spiro atoms. The van der Waals surface area contributed by atoms with Crippen molar-refractivity contribution >= 4 is 0 Å². The summed E-state index contributed by atoms with van der Waals surface area (Å²) in [6.45, 7) is 7.06. The largest absolute Gasteiger partial charge is 0.493 e. The van der Waals surface area contributed by atoms with Crippen LogP contribution in [0.5, 0.6) is 11.5 Å². The molecular weight excluding hydrogens is 262 g/mol. The average Bonchev–Trinajstić information content (AvgIpc) is 2.51.